The predicted octanol–water partition coefficient (Wildman–Crippen LogP) is 19.2. The highest BCUT2D eigenvalue weighted by Crippen LogP contribution is 2.53. The Hall–Kier alpha value is -6.32. The second kappa shape index (κ2) is 44.0. The molecule has 2 aromatic rings. The van der Waals surface area contributed by atoms with E-state index in [0.717, 1.165) is 153 Å². The van der Waals surface area contributed by atoms with Crippen LogP contribution < -0.4 is 4.74 Å². The number of carbonyl (C=O) groups excluding carboxylic acids is 7. The first-order valence-electron chi connectivity index (χ1n) is 43.4. The van der Waals surface area contributed by atoms with Gasteiger partial charge in [0.2, 0.25) is 23.6 Å². The monoisotopic (exact) mass is 1560 g/mol. The van der Waals surface area contributed by atoms with Gasteiger partial charge in [-0.25, -0.2) is 27.6 Å². The molecule has 1 spiro atoms. The van der Waals surface area contributed by atoms with Crippen LogP contribution in [0, 0.1) is 53.2 Å². The Morgan fingerprint density at radius 1 is 0.523 bits per heavy atom. The van der Waals surface area contributed by atoms with Gasteiger partial charge < -0.3 is 58.0 Å². The largest absolute Gasteiger partial charge is 0.457 e. The number of benzene rings is 2. The van der Waals surface area contributed by atoms with Gasteiger partial charge in [-0.2, -0.15) is 0 Å². The molecule has 111 heavy (non-hydrogen) atoms. The normalized spacial score (nSPS) is 22.9. The van der Waals surface area contributed by atoms with Crippen molar-refractivity contribution in [3.8, 4) is 11.5 Å². The average molecular weight is 1560 g/mol. The fraction of sp³-hybridized carbons (Fsp3) is 0.787. The van der Waals surface area contributed by atoms with E-state index in [9.17, 15) is 46.7 Å². The zero-order chi connectivity index (χ0) is 80.4. The Bertz CT molecular complexity index is 3090. The van der Waals surface area contributed by atoms with Crippen LogP contribution in [-0.4, -0.2) is 204 Å². The van der Waals surface area contributed by atoms with Gasteiger partial charge in [0.25, 0.3) is 5.92 Å². The molecule has 12 aliphatic carbocycles. The number of hydrogen-bond acceptors (Lipinski definition) is 12. The summed E-state index contributed by atoms with van der Waals surface area (Å²) in [7, 11) is 3.62. The van der Waals surface area contributed by atoms with Crippen molar-refractivity contribution in [1.29, 1.82) is 0 Å². The highest BCUT2D eigenvalue weighted by atomic mass is 19.3. The second-order valence-corrected chi connectivity index (χ2v) is 35.1. The van der Waals surface area contributed by atoms with E-state index in [1.165, 1.54) is 120 Å². The van der Waals surface area contributed by atoms with Crippen LogP contribution in [0.15, 0.2) is 48.5 Å². The van der Waals surface area contributed by atoms with Gasteiger partial charge in [0.05, 0.1) is 25.9 Å². The molecule has 5 unspecified atom stereocenters. The number of halogens is 3. The lowest BCUT2D eigenvalue weighted by atomic mass is 10.1. The number of rotatable bonds is 31. The van der Waals surface area contributed by atoms with Gasteiger partial charge in [-0.3, -0.25) is 19.2 Å². The lowest BCUT2D eigenvalue weighted by molar-refractivity contribution is -0.132. The maximum absolute atomic E-state index is 12.6. The highest BCUT2D eigenvalue weighted by molar-refractivity contribution is 5.77. The van der Waals surface area contributed by atoms with Crippen molar-refractivity contribution in [2.75, 3.05) is 79.8 Å². The number of aryl methyl sites for hydroxylation is 1. The number of methoxy groups -OCH3 is 1. The van der Waals surface area contributed by atoms with Crippen LogP contribution in [0.4, 0.5) is 27.6 Å². The SMILES string of the molecule is CC(=O)N(C)C1CCC(C)C1.CC(=O)N1CCC2(CC2)C1.CCCN(C(=O)CCC1CC1(F)F)C1CC1.CCCN(C(=O)CCC1CC1)C1CC1.CCCN(C(=O)OCC1(C)CC1)C1CC1.CCCN(C(=O)OCC1CC1)C1CC1.CCCN(C(=O)OCC1CC1OC)C1CC1.Cc1ccc(Oc2ccc(F)cc2)cc1. The maximum atomic E-state index is 12.6. The standard InChI is InChI=1S/C13H11FO.C12H19F2NO.C12H21NO3.C12H21NO2.C12H21NO.C11H19NO2.C9H17NO.C8H13NO/c1-10-2-6-12(7-3-10)15-13-8-4-11(14)5-9-13;1-2-7-15(10-4-5-10)11(16)6-3-9-8-12(9,13)14;1-3-6-13(10-4-5-10)12(14)16-8-9-7-11(9)15-2;1-3-8-13(10-4-5-10)11(14)15-9-12(2)6-7-12;1-2-9-13(11-6-7-11)12(14)8-5-10-3-4-10;1-2-7-12(10-5-6-10)11(13)14-8-9-3-4-9;1-7-4-5-9(6-7)10(3)8(2)11;1-7(10)9-5-4-8(6-9)2-3-8/h2-9H,1H3;9-10H,2-8H2,1H3;9-11H,3-8H2,1-2H3;10H,3-9H2,1-2H3;10-11H,2-9H2,1H3;9-10H,2-8H2,1H3;7,9H,4-6H2,1-3H3;2-6H2,1H3. The first-order valence-corrected chi connectivity index (χ1v) is 43.4. The van der Waals surface area contributed by atoms with Crippen molar-refractivity contribution >= 4 is 41.9 Å². The van der Waals surface area contributed by atoms with Crippen LogP contribution in [0.1, 0.15) is 280 Å². The summed E-state index contributed by atoms with van der Waals surface area (Å²) < 4.78 is 64.6. The molecule has 1 aliphatic heterocycles. The van der Waals surface area contributed by atoms with Crippen LogP contribution >= 0.6 is 0 Å². The van der Waals surface area contributed by atoms with E-state index in [-0.39, 0.29) is 48.2 Å². The first kappa shape index (κ1) is 90.2. The molecular formula is C89H142F3N7O12. The number of likely N-dealkylation sites (tertiary alicyclic amines) is 1. The van der Waals surface area contributed by atoms with E-state index in [1.54, 1.807) is 33.1 Å². The average Bonchev–Trinajstić information content (AvgIpc) is 1.50. The van der Waals surface area contributed by atoms with E-state index in [1.807, 2.05) is 74.6 Å². The van der Waals surface area contributed by atoms with E-state index >= 15 is 0 Å². The van der Waals surface area contributed by atoms with Gasteiger partial charge in [-0.15, -0.1) is 0 Å². The van der Waals surface area contributed by atoms with Gasteiger partial charge >= 0.3 is 18.3 Å². The summed E-state index contributed by atoms with van der Waals surface area (Å²) in [6.07, 6.45) is 35.6. The molecule has 7 amide bonds. The molecule has 5 atom stereocenters. The number of hydrogen-bond donors (Lipinski definition) is 0. The second-order valence-electron chi connectivity index (χ2n) is 35.1. The fourth-order valence-electron chi connectivity index (χ4n) is 14.3. The summed E-state index contributed by atoms with van der Waals surface area (Å²) in [5.74, 6) is 1.87. The molecule has 626 valence electrons. The van der Waals surface area contributed by atoms with Gasteiger partial charge in [0.1, 0.15) is 17.3 Å². The summed E-state index contributed by atoms with van der Waals surface area (Å²) in [4.78, 5) is 94.4. The molecule has 13 fully saturated rings. The summed E-state index contributed by atoms with van der Waals surface area (Å²) in [5, 5.41) is 0. The predicted molar refractivity (Wildman–Crippen MR) is 429 cm³/mol. The van der Waals surface area contributed by atoms with Crippen molar-refractivity contribution in [3.63, 3.8) is 0 Å². The highest BCUT2D eigenvalue weighted by Gasteiger charge is 2.56. The van der Waals surface area contributed by atoms with E-state index in [4.69, 9.17) is 23.7 Å². The Labute approximate surface area is 664 Å². The van der Waals surface area contributed by atoms with Crippen LogP contribution in [0.2, 0.25) is 0 Å². The van der Waals surface area contributed by atoms with Gasteiger partial charge in [0, 0.05) is 147 Å². The minimum absolute atomic E-state index is 0.0164. The zero-order valence-electron chi connectivity index (χ0n) is 70.1. The molecule has 13 aliphatic rings. The van der Waals surface area contributed by atoms with Crippen molar-refractivity contribution in [3.05, 3.63) is 59.9 Å². The lowest BCUT2D eigenvalue weighted by Crippen LogP contribution is -2.35. The molecule has 1 saturated heterocycles. The minimum atomic E-state index is -2.48. The maximum Gasteiger partial charge on any atom is 0.410 e. The molecule has 15 rings (SSSR count). The molecule has 19 nitrogen and oxygen atoms in total. The quantitative estimate of drug-likeness (QED) is 0.0651. The molecule has 2 aromatic carbocycles. The van der Waals surface area contributed by atoms with Crippen LogP contribution in [0.25, 0.3) is 0 Å². The third kappa shape index (κ3) is 33.6. The van der Waals surface area contributed by atoms with Crippen molar-refractivity contribution in [1.82, 2.24) is 34.3 Å². The van der Waals surface area contributed by atoms with E-state index < -0.39 is 11.8 Å². The summed E-state index contributed by atoms with van der Waals surface area (Å²) in [6, 6.07) is 16.6. The van der Waals surface area contributed by atoms with Crippen molar-refractivity contribution in [2.24, 2.45) is 40.4 Å². The Morgan fingerprint density at radius 3 is 1.31 bits per heavy atom. The molecule has 0 bridgehead atoms. The van der Waals surface area contributed by atoms with Crippen molar-refractivity contribution < 1.29 is 70.4 Å². The smallest absolute Gasteiger partial charge is 0.410 e. The Balaban J connectivity index is 0.000000160. The number of alkyl halides is 2. The van der Waals surface area contributed by atoms with E-state index in [2.05, 4.69) is 46.4 Å². The topological polar surface area (TPSA) is 188 Å². The molecular weight excluding hydrogens is 1420 g/mol. The van der Waals surface area contributed by atoms with Crippen LogP contribution in [-0.2, 0) is 38.1 Å². The van der Waals surface area contributed by atoms with E-state index in [0.29, 0.717) is 109 Å². The molecule has 0 radical (unpaired) electrons. The Kier molecular flexibility index (Phi) is 35.7. The van der Waals surface area contributed by atoms with Crippen LogP contribution in [0.3, 0.4) is 0 Å². The third-order valence-electron chi connectivity index (χ3n) is 23.7. The zero-order valence-corrected chi connectivity index (χ0v) is 70.1. The number of nitrogens with zero attached hydrogens (tertiary/aromatic N) is 7. The van der Waals surface area contributed by atoms with Crippen LogP contribution in [0.5, 0.6) is 11.5 Å². The lowest BCUT2D eigenvalue weighted by Gasteiger charge is -2.22. The molecule has 0 aromatic heterocycles. The Morgan fingerprint density at radius 2 is 0.946 bits per heavy atom. The third-order valence-corrected chi connectivity index (χ3v) is 23.7. The summed E-state index contributed by atoms with van der Waals surface area (Å²) >= 11 is 0. The number of carbonyl (C=O) groups is 7. The molecule has 0 N–H and O–H groups in total. The van der Waals surface area contributed by atoms with Gasteiger partial charge in [0.15, 0.2) is 0 Å². The van der Waals surface area contributed by atoms with Gasteiger partial charge in [-0.05, 0) is 246 Å². The summed E-state index contributed by atoms with van der Waals surface area (Å²) in [5.41, 5.74) is 2.09. The molecule has 1 heterocycles. The van der Waals surface area contributed by atoms with Crippen molar-refractivity contribution in [2.45, 2.75) is 329 Å². The number of ether oxygens (including phenoxy) is 5. The minimum Gasteiger partial charge on any atom is -0.457 e. The fourth-order valence-corrected chi connectivity index (χ4v) is 14.3. The summed E-state index contributed by atoms with van der Waals surface area (Å²) in [6.45, 7) is 28.4. The first-order chi connectivity index (χ1) is 53.1. The molecule has 12 saturated carbocycles. The van der Waals surface area contributed by atoms with Gasteiger partial charge in [-0.1, -0.05) is 79.0 Å². The molecule has 22 heteroatoms. The number of amides is 7.